The number of nitrogens with zero attached hydrogens (tertiary/aromatic N) is 1. The van der Waals surface area contributed by atoms with E-state index < -0.39 is 4.92 Å². The van der Waals surface area contributed by atoms with Crippen LogP contribution in [0, 0.1) is 10.1 Å². The van der Waals surface area contributed by atoms with Gasteiger partial charge in [-0.1, -0.05) is 11.6 Å². The summed E-state index contributed by atoms with van der Waals surface area (Å²) in [6.07, 6.45) is 0.911. The van der Waals surface area contributed by atoms with E-state index in [4.69, 9.17) is 16.3 Å². The average molecular weight is 300 g/mol. The Morgan fingerprint density at radius 3 is 3.05 bits per heavy atom. The largest absolute Gasteiger partial charge is 0.382 e. The third-order valence-corrected chi connectivity index (χ3v) is 3.50. The highest BCUT2D eigenvalue weighted by molar-refractivity contribution is 6.32. The van der Waals surface area contributed by atoms with Crippen molar-refractivity contribution in [2.45, 2.75) is 25.4 Å². The van der Waals surface area contributed by atoms with E-state index in [0.717, 1.165) is 25.3 Å². The van der Waals surface area contributed by atoms with Crippen LogP contribution in [0.5, 0.6) is 0 Å². The number of ether oxygens (including phenoxy) is 1. The molecule has 1 saturated heterocycles. The summed E-state index contributed by atoms with van der Waals surface area (Å²) in [6.45, 7) is 4.41. The maximum Gasteiger partial charge on any atom is 0.288 e. The van der Waals surface area contributed by atoms with Gasteiger partial charge in [-0.2, -0.15) is 0 Å². The topological polar surface area (TPSA) is 76.4 Å². The van der Waals surface area contributed by atoms with E-state index in [1.54, 1.807) is 12.1 Å². The fourth-order valence-electron chi connectivity index (χ4n) is 2.29. The summed E-state index contributed by atoms with van der Waals surface area (Å²) in [4.78, 5) is 10.2. The number of nitro benzene ring substituents is 1. The molecule has 0 saturated carbocycles. The Bertz CT molecular complexity index is 478. The van der Waals surface area contributed by atoms with Crippen molar-refractivity contribution in [1.82, 2.24) is 5.32 Å². The molecule has 1 aromatic rings. The summed E-state index contributed by atoms with van der Waals surface area (Å²) in [5, 5.41) is 17.5. The lowest BCUT2D eigenvalue weighted by atomic mass is 10.1. The molecular formula is C13H18ClN3O3. The van der Waals surface area contributed by atoms with Gasteiger partial charge in [-0.05, 0) is 25.5 Å². The molecule has 20 heavy (non-hydrogen) atoms. The molecule has 1 aromatic carbocycles. The normalized spacial score (nSPS) is 20.4. The van der Waals surface area contributed by atoms with Gasteiger partial charge >= 0.3 is 0 Å². The molecule has 0 radical (unpaired) electrons. The van der Waals surface area contributed by atoms with Crippen LogP contribution in [-0.2, 0) is 4.74 Å². The first kappa shape index (κ1) is 15.0. The summed E-state index contributed by atoms with van der Waals surface area (Å²) in [7, 11) is 0. The quantitative estimate of drug-likeness (QED) is 0.645. The standard InChI is InChI=1S/C13H18ClN3O3/c1-9(6-11-8-20-5-4-15-11)16-10-2-3-13(17(18)19)12(14)7-10/h2-3,7,9,11,15-16H,4-6,8H2,1H3. The number of rotatable bonds is 5. The van der Waals surface area contributed by atoms with Gasteiger partial charge in [0.25, 0.3) is 5.69 Å². The van der Waals surface area contributed by atoms with Crippen molar-refractivity contribution < 1.29 is 9.66 Å². The number of hydrogen-bond donors (Lipinski definition) is 2. The maximum atomic E-state index is 10.7. The van der Waals surface area contributed by atoms with Crippen LogP contribution < -0.4 is 10.6 Å². The maximum absolute atomic E-state index is 10.7. The molecular weight excluding hydrogens is 282 g/mol. The SMILES string of the molecule is CC(CC1COCCN1)Nc1ccc([N+](=O)[O-])c(Cl)c1. The van der Waals surface area contributed by atoms with E-state index in [1.165, 1.54) is 6.07 Å². The zero-order valence-electron chi connectivity index (χ0n) is 11.3. The van der Waals surface area contributed by atoms with E-state index in [0.29, 0.717) is 12.6 Å². The van der Waals surface area contributed by atoms with Crippen LogP contribution in [0.25, 0.3) is 0 Å². The number of morpholine rings is 1. The van der Waals surface area contributed by atoms with Crippen LogP contribution >= 0.6 is 11.6 Å². The molecule has 1 heterocycles. The molecule has 0 spiro atoms. The molecule has 0 bridgehead atoms. The third-order valence-electron chi connectivity index (χ3n) is 3.19. The van der Waals surface area contributed by atoms with E-state index in [1.807, 2.05) is 0 Å². The lowest BCUT2D eigenvalue weighted by molar-refractivity contribution is -0.384. The van der Waals surface area contributed by atoms with E-state index in [-0.39, 0.29) is 16.8 Å². The Balaban J connectivity index is 1.92. The average Bonchev–Trinajstić information content (AvgIpc) is 2.39. The van der Waals surface area contributed by atoms with Gasteiger partial charge in [0.2, 0.25) is 0 Å². The van der Waals surface area contributed by atoms with Crippen LogP contribution in [0.1, 0.15) is 13.3 Å². The molecule has 2 atom stereocenters. The fraction of sp³-hybridized carbons (Fsp3) is 0.538. The zero-order chi connectivity index (χ0) is 14.5. The molecule has 6 nitrogen and oxygen atoms in total. The minimum atomic E-state index is -0.487. The number of anilines is 1. The highest BCUT2D eigenvalue weighted by Crippen LogP contribution is 2.27. The Hall–Kier alpha value is -1.37. The van der Waals surface area contributed by atoms with Gasteiger partial charge in [-0.15, -0.1) is 0 Å². The number of benzene rings is 1. The molecule has 2 unspecified atom stereocenters. The second-order valence-corrected chi connectivity index (χ2v) is 5.34. The van der Waals surface area contributed by atoms with Crippen molar-refractivity contribution in [2.75, 3.05) is 25.1 Å². The van der Waals surface area contributed by atoms with Gasteiger partial charge in [0.05, 0.1) is 18.1 Å². The highest BCUT2D eigenvalue weighted by atomic mass is 35.5. The van der Waals surface area contributed by atoms with Gasteiger partial charge < -0.3 is 15.4 Å². The molecule has 1 aliphatic rings. The molecule has 110 valence electrons. The van der Waals surface area contributed by atoms with Gasteiger partial charge in [0.15, 0.2) is 0 Å². The minimum absolute atomic E-state index is 0.0767. The first-order valence-electron chi connectivity index (χ1n) is 6.58. The first-order valence-corrected chi connectivity index (χ1v) is 6.95. The monoisotopic (exact) mass is 299 g/mol. The zero-order valence-corrected chi connectivity index (χ0v) is 12.0. The van der Waals surface area contributed by atoms with E-state index >= 15 is 0 Å². The van der Waals surface area contributed by atoms with Crippen molar-refractivity contribution >= 4 is 23.0 Å². The van der Waals surface area contributed by atoms with E-state index in [2.05, 4.69) is 17.6 Å². The predicted molar refractivity (Wildman–Crippen MR) is 78.4 cm³/mol. The van der Waals surface area contributed by atoms with Crippen molar-refractivity contribution in [3.8, 4) is 0 Å². The van der Waals surface area contributed by atoms with Crippen molar-refractivity contribution in [3.05, 3.63) is 33.3 Å². The van der Waals surface area contributed by atoms with Crippen molar-refractivity contribution in [2.24, 2.45) is 0 Å². The van der Waals surface area contributed by atoms with Gasteiger partial charge in [0.1, 0.15) is 5.02 Å². The summed E-state index contributed by atoms with van der Waals surface area (Å²) in [6, 6.07) is 5.22. The first-order chi connectivity index (χ1) is 9.56. The van der Waals surface area contributed by atoms with Crippen molar-refractivity contribution in [1.29, 1.82) is 0 Å². The van der Waals surface area contributed by atoms with Crippen LogP contribution in [0.2, 0.25) is 5.02 Å². The Morgan fingerprint density at radius 2 is 2.45 bits per heavy atom. The molecule has 2 N–H and O–H groups in total. The van der Waals surface area contributed by atoms with Gasteiger partial charge in [0, 0.05) is 30.4 Å². The molecule has 0 amide bonds. The summed E-state index contributed by atoms with van der Waals surface area (Å²) < 4.78 is 5.41. The lowest BCUT2D eigenvalue weighted by Gasteiger charge is -2.27. The van der Waals surface area contributed by atoms with Gasteiger partial charge in [-0.3, -0.25) is 10.1 Å². The summed E-state index contributed by atoms with van der Waals surface area (Å²) in [5.41, 5.74) is 0.706. The molecule has 7 heteroatoms. The number of nitrogens with one attached hydrogen (secondary N) is 2. The second kappa shape index (κ2) is 6.88. The number of hydrogen-bond acceptors (Lipinski definition) is 5. The second-order valence-electron chi connectivity index (χ2n) is 4.93. The van der Waals surface area contributed by atoms with Crippen LogP contribution in [-0.4, -0.2) is 36.8 Å². The minimum Gasteiger partial charge on any atom is -0.382 e. The molecule has 2 rings (SSSR count). The lowest BCUT2D eigenvalue weighted by Crippen LogP contribution is -2.43. The van der Waals surface area contributed by atoms with Crippen LogP contribution in [0.3, 0.4) is 0 Å². The molecule has 1 fully saturated rings. The summed E-state index contributed by atoms with van der Waals surface area (Å²) >= 11 is 5.89. The van der Waals surface area contributed by atoms with Gasteiger partial charge in [-0.25, -0.2) is 0 Å². The fourth-order valence-corrected chi connectivity index (χ4v) is 2.54. The smallest absolute Gasteiger partial charge is 0.288 e. The Labute approximate surface area is 122 Å². The highest BCUT2D eigenvalue weighted by Gasteiger charge is 2.17. The van der Waals surface area contributed by atoms with Crippen LogP contribution in [0.4, 0.5) is 11.4 Å². The molecule has 1 aliphatic heterocycles. The predicted octanol–water partition coefficient (Wildman–Crippen LogP) is 2.43. The van der Waals surface area contributed by atoms with E-state index in [9.17, 15) is 10.1 Å². The Morgan fingerprint density at radius 1 is 1.65 bits per heavy atom. The molecule has 0 aromatic heterocycles. The molecule has 0 aliphatic carbocycles. The number of halogens is 1. The summed E-state index contributed by atoms with van der Waals surface area (Å²) in [5.74, 6) is 0. The number of nitro groups is 1. The third kappa shape index (κ3) is 4.06. The van der Waals surface area contributed by atoms with Crippen molar-refractivity contribution in [3.63, 3.8) is 0 Å². The van der Waals surface area contributed by atoms with Crippen LogP contribution in [0.15, 0.2) is 18.2 Å². The Kier molecular flexibility index (Phi) is 5.17.